The summed E-state index contributed by atoms with van der Waals surface area (Å²) in [5.41, 5.74) is 2.12. The van der Waals surface area contributed by atoms with Gasteiger partial charge in [-0.25, -0.2) is 0 Å². The third-order valence-corrected chi connectivity index (χ3v) is 2.30. The molecule has 0 spiro atoms. The minimum Gasteiger partial charge on any atom is -0.122 e. The van der Waals surface area contributed by atoms with Crippen LogP contribution in [0.15, 0.2) is 24.3 Å². The van der Waals surface area contributed by atoms with Crippen LogP contribution in [0.2, 0.25) is 5.02 Å². The molecule has 0 aliphatic carbocycles. The zero-order valence-electron chi connectivity index (χ0n) is 6.85. The molecule has 0 atom stereocenters. The van der Waals surface area contributed by atoms with Crippen molar-refractivity contribution >= 4 is 29.3 Å². The van der Waals surface area contributed by atoms with Crippen LogP contribution in [-0.2, 0) is 0 Å². The third-order valence-electron chi connectivity index (χ3n) is 1.61. The highest BCUT2D eigenvalue weighted by atomic mass is 35.5. The summed E-state index contributed by atoms with van der Waals surface area (Å²) in [5, 5.41) is 0.805. The number of alkyl halides is 1. The molecule has 0 fully saturated rings. The molecule has 0 aliphatic heterocycles. The van der Waals surface area contributed by atoms with Gasteiger partial charge in [-0.15, -0.1) is 11.6 Å². The van der Waals surface area contributed by atoms with Gasteiger partial charge in [0.05, 0.1) is 5.02 Å². The third kappa shape index (κ3) is 2.26. The van der Waals surface area contributed by atoms with E-state index in [9.17, 15) is 0 Å². The Bertz CT molecular complexity index is 290. The van der Waals surface area contributed by atoms with Gasteiger partial charge in [-0.3, -0.25) is 0 Å². The normalized spacial score (nSPS) is 10.9. The van der Waals surface area contributed by atoms with Gasteiger partial charge in [-0.1, -0.05) is 42.0 Å². The van der Waals surface area contributed by atoms with Crippen molar-refractivity contribution in [2.24, 2.45) is 0 Å². The molecule has 12 heavy (non-hydrogen) atoms. The predicted molar refractivity (Wildman–Crippen MR) is 55.9 cm³/mol. The van der Waals surface area contributed by atoms with Gasteiger partial charge >= 0.3 is 0 Å². The van der Waals surface area contributed by atoms with Crippen LogP contribution in [-0.4, -0.2) is 5.88 Å². The first-order valence-electron chi connectivity index (χ1n) is 3.73. The van der Waals surface area contributed by atoms with Gasteiger partial charge in [0.2, 0.25) is 0 Å². The van der Waals surface area contributed by atoms with Gasteiger partial charge in [-0.05, 0) is 18.1 Å². The molecule has 0 heterocycles. The predicted octanol–water partition coefficient (Wildman–Crippen LogP) is 3.90. The molecule has 1 aromatic carbocycles. The van der Waals surface area contributed by atoms with E-state index in [1.165, 1.54) is 0 Å². The average Bonchev–Trinajstić information content (AvgIpc) is 2.08. The maximum atomic E-state index is 6.03. The highest BCUT2D eigenvalue weighted by molar-refractivity contribution is 6.32. The lowest BCUT2D eigenvalue weighted by Crippen LogP contribution is -1.79. The Morgan fingerprint density at radius 2 is 2.17 bits per heavy atom. The number of allylic oxidation sites excluding steroid dienone is 1. The topological polar surface area (TPSA) is 0 Å². The first kappa shape index (κ1) is 9.63. The molecular weight excluding hydrogens is 191 g/mol. The summed E-state index contributed by atoms with van der Waals surface area (Å²) in [4.78, 5) is 0. The molecule has 64 valence electrons. The van der Waals surface area contributed by atoms with E-state index < -0.39 is 0 Å². The lowest BCUT2D eigenvalue weighted by atomic mass is 10.1. The minimum atomic E-state index is 0.518. The van der Waals surface area contributed by atoms with Gasteiger partial charge in [0.15, 0.2) is 0 Å². The highest BCUT2D eigenvalue weighted by Crippen LogP contribution is 2.21. The van der Waals surface area contributed by atoms with E-state index in [2.05, 4.69) is 0 Å². The molecule has 0 nitrogen and oxygen atoms in total. The zero-order valence-corrected chi connectivity index (χ0v) is 8.36. The van der Waals surface area contributed by atoms with E-state index in [0.29, 0.717) is 5.88 Å². The molecule has 0 saturated carbocycles. The standard InChI is InChI=1S/C10H10Cl2/c1-8-4-2-5-9(10(8)12)6-3-7-11/h2-6H,7H2,1H3. The lowest BCUT2D eigenvalue weighted by Gasteiger charge is -2.00. The van der Waals surface area contributed by atoms with Crippen molar-refractivity contribution in [3.8, 4) is 0 Å². The van der Waals surface area contributed by atoms with Crippen molar-refractivity contribution < 1.29 is 0 Å². The summed E-state index contributed by atoms with van der Waals surface area (Å²) >= 11 is 11.5. The van der Waals surface area contributed by atoms with Crippen molar-refractivity contribution in [3.63, 3.8) is 0 Å². The van der Waals surface area contributed by atoms with E-state index in [0.717, 1.165) is 16.1 Å². The average molecular weight is 201 g/mol. The van der Waals surface area contributed by atoms with Crippen LogP contribution in [0.1, 0.15) is 11.1 Å². The monoisotopic (exact) mass is 200 g/mol. The summed E-state index contributed by atoms with van der Waals surface area (Å²) in [6, 6.07) is 5.94. The van der Waals surface area contributed by atoms with E-state index >= 15 is 0 Å². The van der Waals surface area contributed by atoms with Crippen molar-refractivity contribution in [1.29, 1.82) is 0 Å². The van der Waals surface area contributed by atoms with Crippen LogP contribution in [0.5, 0.6) is 0 Å². The number of benzene rings is 1. The van der Waals surface area contributed by atoms with Crippen LogP contribution < -0.4 is 0 Å². The summed E-state index contributed by atoms with van der Waals surface area (Å²) in [5.74, 6) is 0.518. The van der Waals surface area contributed by atoms with Crippen molar-refractivity contribution in [3.05, 3.63) is 40.4 Å². The Morgan fingerprint density at radius 1 is 1.42 bits per heavy atom. The Hall–Kier alpha value is -0.460. The minimum absolute atomic E-state index is 0.518. The van der Waals surface area contributed by atoms with Gasteiger partial charge in [0, 0.05) is 5.88 Å². The SMILES string of the molecule is Cc1cccc(C=CCCl)c1Cl. The van der Waals surface area contributed by atoms with Gasteiger partial charge in [-0.2, -0.15) is 0 Å². The largest absolute Gasteiger partial charge is 0.122 e. The van der Waals surface area contributed by atoms with Crippen LogP contribution in [0.4, 0.5) is 0 Å². The smallest absolute Gasteiger partial charge is 0.0507 e. The Kier molecular flexibility index (Phi) is 3.64. The molecular formula is C10H10Cl2. The second kappa shape index (κ2) is 4.54. The van der Waals surface area contributed by atoms with Gasteiger partial charge in [0.1, 0.15) is 0 Å². The fourth-order valence-corrected chi connectivity index (χ4v) is 1.25. The highest BCUT2D eigenvalue weighted by Gasteiger charge is 1.97. The van der Waals surface area contributed by atoms with E-state index in [4.69, 9.17) is 23.2 Å². The first-order chi connectivity index (χ1) is 5.75. The fraction of sp³-hybridized carbons (Fsp3) is 0.200. The quantitative estimate of drug-likeness (QED) is 0.636. The Labute approximate surface area is 82.8 Å². The summed E-state index contributed by atoms with van der Waals surface area (Å²) in [6.45, 7) is 1.99. The molecule has 2 heteroatoms. The summed E-state index contributed by atoms with van der Waals surface area (Å²) < 4.78 is 0. The molecule has 0 radical (unpaired) electrons. The van der Waals surface area contributed by atoms with E-state index in [1.54, 1.807) is 0 Å². The second-order valence-corrected chi connectivity index (χ2v) is 3.22. The molecule has 0 bridgehead atoms. The Morgan fingerprint density at radius 3 is 2.83 bits per heavy atom. The number of hydrogen-bond acceptors (Lipinski definition) is 0. The van der Waals surface area contributed by atoms with Gasteiger partial charge < -0.3 is 0 Å². The van der Waals surface area contributed by atoms with Crippen molar-refractivity contribution in [2.45, 2.75) is 6.92 Å². The lowest BCUT2D eigenvalue weighted by molar-refractivity contribution is 1.46. The molecule has 0 aliphatic rings. The number of halogens is 2. The first-order valence-corrected chi connectivity index (χ1v) is 4.64. The molecule has 0 aromatic heterocycles. The number of aryl methyl sites for hydroxylation is 1. The summed E-state index contributed by atoms with van der Waals surface area (Å²) in [7, 11) is 0. The second-order valence-electron chi connectivity index (χ2n) is 2.53. The molecule has 0 N–H and O–H groups in total. The molecule has 0 amide bonds. The van der Waals surface area contributed by atoms with E-state index in [-0.39, 0.29) is 0 Å². The van der Waals surface area contributed by atoms with Crippen molar-refractivity contribution in [1.82, 2.24) is 0 Å². The maximum absolute atomic E-state index is 6.03. The molecule has 0 unspecified atom stereocenters. The van der Waals surface area contributed by atoms with Crippen LogP contribution in [0.3, 0.4) is 0 Å². The Balaban J connectivity index is 3.00. The van der Waals surface area contributed by atoms with Crippen LogP contribution in [0, 0.1) is 6.92 Å². The van der Waals surface area contributed by atoms with Crippen molar-refractivity contribution in [2.75, 3.05) is 5.88 Å². The van der Waals surface area contributed by atoms with Crippen LogP contribution in [0.25, 0.3) is 6.08 Å². The molecule has 0 saturated heterocycles. The van der Waals surface area contributed by atoms with Gasteiger partial charge in [0.25, 0.3) is 0 Å². The van der Waals surface area contributed by atoms with Crippen LogP contribution >= 0.6 is 23.2 Å². The molecule has 1 aromatic rings. The fourth-order valence-electron chi connectivity index (χ4n) is 0.970. The zero-order chi connectivity index (χ0) is 8.97. The number of rotatable bonds is 2. The molecule has 1 rings (SSSR count). The summed E-state index contributed by atoms with van der Waals surface area (Å²) in [6.07, 6.45) is 3.81. The number of hydrogen-bond donors (Lipinski definition) is 0. The maximum Gasteiger partial charge on any atom is 0.0507 e. The van der Waals surface area contributed by atoms with E-state index in [1.807, 2.05) is 37.3 Å².